The number of benzene rings is 2. The van der Waals surface area contributed by atoms with Crippen molar-refractivity contribution in [1.29, 1.82) is 0 Å². The molecule has 0 unspecified atom stereocenters. The Morgan fingerprint density at radius 1 is 1.22 bits per heavy atom. The summed E-state index contributed by atoms with van der Waals surface area (Å²) in [5.74, 6) is 0.00947. The van der Waals surface area contributed by atoms with Crippen LogP contribution in [-0.2, 0) is 17.8 Å². The van der Waals surface area contributed by atoms with Crippen molar-refractivity contribution in [3.05, 3.63) is 58.6 Å². The van der Waals surface area contributed by atoms with Gasteiger partial charge in [-0.15, -0.1) is 0 Å². The molecule has 23 heavy (non-hydrogen) atoms. The highest BCUT2D eigenvalue weighted by Crippen LogP contribution is 2.30. The number of fused-ring (bicyclic) bond motifs is 1. The first kappa shape index (κ1) is 15.7. The molecule has 0 saturated heterocycles. The van der Waals surface area contributed by atoms with Crippen LogP contribution >= 0.6 is 11.6 Å². The molecule has 0 fully saturated rings. The molecule has 1 heterocycles. The second-order valence-corrected chi connectivity index (χ2v) is 6.21. The molecule has 0 aliphatic carbocycles. The standard InChI is InChI=1S/C18H20ClN3O/c19-14-8-6-13(7-9-14)11-21-18(23)12-22-10-2-3-15-16(20)4-1-5-17(15)22/h1,4-9H,2-3,10-12,20H2,(H,21,23). The fourth-order valence-electron chi connectivity index (χ4n) is 2.92. The van der Waals surface area contributed by atoms with Crippen molar-refractivity contribution in [1.82, 2.24) is 5.32 Å². The predicted molar refractivity (Wildman–Crippen MR) is 94.7 cm³/mol. The van der Waals surface area contributed by atoms with E-state index >= 15 is 0 Å². The van der Waals surface area contributed by atoms with Crippen LogP contribution in [0, 0.1) is 0 Å². The number of nitrogens with one attached hydrogen (secondary N) is 1. The highest BCUT2D eigenvalue weighted by atomic mass is 35.5. The SMILES string of the molecule is Nc1cccc2c1CCCN2CC(=O)NCc1ccc(Cl)cc1. The van der Waals surface area contributed by atoms with Gasteiger partial charge in [-0.3, -0.25) is 4.79 Å². The Kier molecular flexibility index (Phi) is 4.72. The molecule has 1 amide bonds. The van der Waals surface area contributed by atoms with Gasteiger partial charge in [-0.1, -0.05) is 29.8 Å². The lowest BCUT2D eigenvalue weighted by atomic mass is 10.00. The average molecular weight is 330 g/mol. The lowest BCUT2D eigenvalue weighted by molar-refractivity contribution is -0.119. The monoisotopic (exact) mass is 329 g/mol. The van der Waals surface area contributed by atoms with E-state index in [1.807, 2.05) is 42.5 Å². The smallest absolute Gasteiger partial charge is 0.239 e. The topological polar surface area (TPSA) is 58.4 Å². The fraction of sp³-hybridized carbons (Fsp3) is 0.278. The zero-order valence-electron chi connectivity index (χ0n) is 12.9. The van der Waals surface area contributed by atoms with Crippen molar-refractivity contribution in [3.63, 3.8) is 0 Å². The van der Waals surface area contributed by atoms with Gasteiger partial charge in [0.25, 0.3) is 0 Å². The molecule has 0 spiro atoms. The lowest BCUT2D eigenvalue weighted by Gasteiger charge is -2.31. The Balaban J connectivity index is 1.61. The molecule has 2 aromatic carbocycles. The van der Waals surface area contributed by atoms with Gasteiger partial charge in [-0.2, -0.15) is 0 Å². The molecule has 0 saturated carbocycles. The van der Waals surface area contributed by atoms with Gasteiger partial charge in [0.15, 0.2) is 0 Å². The van der Waals surface area contributed by atoms with E-state index in [2.05, 4.69) is 10.2 Å². The molecule has 0 radical (unpaired) electrons. The molecule has 1 aliphatic rings. The molecule has 0 aromatic heterocycles. The first-order chi connectivity index (χ1) is 11.1. The lowest BCUT2D eigenvalue weighted by Crippen LogP contribution is -2.39. The number of nitrogens with two attached hydrogens (primary N) is 1. The van der Waals surface area contributed by atoms with E-state index in [0.29, 0.717) is 18.1 Å². The summed E-state index contributed by atoms with van der Waals surface area (Å²) in [6.07, 6.45) is 2.00. The van der Waals surface area contributed by atoms with E-state index in [4.69, 9.17) is 17.3 Å². The van der Waals surface area contributed by atoms with Gasteiger partial charge < -0.3 is 16.0 Å². The third kappa shape index (κ3) is 3.77. The minimum Gasteiger partial charge on any atom is -0.398 e. The number of hydrogen-bond acceptors (Lipinski definition) is 3. The van der Waals surface area contributed by atoms with Crippen LogP contribution in [-0.4, -0.2) is 19.0 Å². The molecule has 3 N–H and O–H groups in total. The van der Waals surface area contributed by atoms with E-state index in [0.717, 1.165) is 41.9 Å². The summed E-state index contributed by atoms with van der Waals surface area (Å²) in [7, 11) is 0. The van der Waals surface area contributed by atoms with Crippen molar-refractivity contribution >= 4 is 28.9 Å². The summed E-state index contributed by atoms with van der Waals surface area (Å²) in [6.45, 7) is 1.74. The van der Waals surface area contributed by atoms with Crippen LogP contribution in [0.15, 0.2) is 42.5 Å². The molecule has 0 atom stereocenters. The maximum absolute atomic E-state index is 12.2. The Bertz CT molecular complexity index is 700. The van der Waals surface area contributed by atoms with Crippen LogP contribution in [0.2, 0.25) is 5.02 Å². The minimum atomic E-state index is 0.00947. The normalized spacial score (nSPS) is 13.5. The highest BCUT2D eigenvalue weighted by Gasteiger charge is 2.20. The number of rotatable bonds is 4. The number of hydrogen-bond donors (Lipinski definition) is 2. The average Bonchev–Trinajstić information content (AvgIpc) is 2.55. The predicted octanol–water partition coefficient (Wildman–Crippen LogP) is 2.99. The van der Waals surface area contributed by atoms with Crippen LogP contribution in [0.1, 0.15) is 17.5 Å². The Labute approximate surface area is 141 Å². The minimum absolute atomic E-state index is 0.00947. The van der Waals surface area contributed by atoms with Gasteiger partial charge in [0.05, 0.1) is 6.54 Å². The molecule has 4 nitrogen and oxygen atoms in total. The van der Waals surface area contributed by atoms with Crippen molar-refractivity contribution in [2.24, 2.45) is 0 Å². The first-order valence-corrected chi connectivity index (χ1v) is 8.15. The summed E-state index contributed by atoms with van der Waals surface area (Å²) in [6, 6.07) is 13.4. The van der Waals surface area contributed by atoms with E-state index in [1.165, 1.54) is 0 Å². The van der Waals surface area contributed by atoms with E-state index in [1.54, 1.807) is 0 Å². The van der Waals surface area contributed by atoms with Crippen molar-refractivity contribution in [2.75, 3.05) is 23.7 Å². The van der Waals surface area contributed by atoms with Crippen LogP contribution in [0.3, 0.4) is 0 Å². The van der Waals surface area contributed by atoms with Gasteiger partial charge in [0, 0.05) is 29.5 Å². The first-order valence-electron chi connectivity index (χ1n) is 7.77. The quantitative estimate of drug-likeness (QED) is 0.848. The summed E-state index contributed by atoms with van der Waals surface area (Å²) in [4.78, 5) is 14.3. The number of nitrogen functional groups attached to an aromatic ring is 1. The van der Waals surface area contributed by atoms with Crippen LogP contribution in [0.25, 0.3) is 0 Å². The summed E-state index contributed by atoms with van der Waals surface area (Å²) < 4.78 is 0. The summed E-state index contributed by atoms with van der Waals surface area (Å²) in [5.41, 5.74) is 10.1. The second kappa shape index (κ2) is 6.92. The molecule has 1 aliphatic heterocycles. The maximum atomic E-state index is 12.2. The molecule has 120 valence electrons. The van der Waals surface area contributed by atoms with Gasteiger partial charge >= 0.3 is 0 Å². The zero-order chi connectivity index (χ0) is 16.2. The van der Waals surface area contributed by atoms with Crippen LogP contribution < -0.4 is 16.0 Å². The summed E-state index contributed by atoms with van der Waals surface area (Å²) in [5, 5.41) is 3.65. The highest BCUT2D eigenvalue weighted by molar-refractivity contribution is 6.30. The molecule has 5 heteroatoms. The van der Waals surface area contributed by atoms with Gasteiger partial charge in [-0.25, -0.2) is 0 Å². The number of halogens is 1. The number of carbonyl (C=O) groups is 1. The van der Waals surface area contributed by atoms with Crippen molar-refractivity contribution in [3.8, 4) is 0 Å². The second-order valence-electron chi connectivity index (χ2n) is 5.77. The Morgan fingerprint density at radius 3 is 2.78 bits per heavy atom. The third-order valence-corrected chi connectivity index (χ3v) is 4.37. The number of nitrogens with zero attached hydrogens (tertiary/aromatic N) is 1. The van der Waals surface area contributed by atoms with Gasteiger partial charge in [0.2, 0.25) is 5.91 Å². The zero-order valence-corrected chi connectivity index (χ0v) is 13.6. The Hall–Kier alpha value is -2.20. The molecule has 0 bridgehead atoms. The maximum Gasteiger partial charge on any atom is 0.239 e. The Morgan fingerprint density at radius 2 is 2.00 bits per heavy atom. The van der Waals surface area contributed by atoms with E-state index in [9.17, 15) is 4.79 Å². The molecular weight excluding hydrogens is 310 g/mol. The van der Waals surface area contributed by atoms with E-state index in [-0.39, 0.29) is 5.91 Å². The summed E-state index contributed by atoms with van der Waals surface area (Å²) >= 11 is 5.86. The van der Waals surface area contributed by atoms with Crippen molar-refractivity contribution in [2.45, 2.75) is 19.4 Å². The third-order valence-electron chi connectivity index (χ3n) is 4.12. The van der Waals surface area contributed by atoms with E-state index < -0.39 is 0 Å². The van der Waals surface area contributed by atoms with Crippen LogP contribution in [0.4, 0.5) is 11.4 Å². The molecule has 3 rings (SSSR count). The van der Waals surface area contributed by atoms with Gasteiger partial charge in [0.1, 0.15) is 0 Å². The number of anilines is 2. The fourth-order valence-corrected chi connectivity index (χ4v) is 3.05. The van der Waals surface area contributed by atoms with Crippen LogP contribution in [0.5, 0.6) is 0 Å². The van der Waals surface area contributed by atoms with Crippen molar-refractivity contribution < 1.29 is 4.79 Å². The number of carbonyl (C=O) groups excluding carboxylic acids is 1. The largest absolute Gasteiger partial charge is 0.398 e. The molecule has 2 aromatic rings. The molecular formula is C18H20ClN3O. The number of amides is 1. The van der Waals surface area contributed by atoms with Gasteiger partial charge in [-0.05, 0) is 48.2 Å².